The third-order valence-corrected chi connectivity index (χ3v) is 3.68. The second-order valence-electron chi connectivity index (χ2n) is 5.91. The van der Waals surface area contributed by atoms with Crippen molar-refractivity contribution >= 4 is 6.03 Å². The van der Waals surface area contributed by atoms with Gasteiger partial charge in [-0.2, -0.15) is 0 Å². The van der Waals surface area contributed by atoms with Crippen LogP contribution in [0.3, 0.4) is 0 Å². The van der Waals surface area contributed by atoms with Crippen LogP contribution < -0.4 is 15.4 Å². The molecule has 3 N–H and O–H groups in total. The molecule has 0 aliphatic heterocycles. The average Bonchev–Trinajstić information content (AvgIpc) is 2.47. The van der Waals surface area contributed by atoms with Gasteiger partial charge in [-0.3, -0.25) is 0 Å². The zero-order valence-corrected chi connectivity index (χ0v) is 14.0. The third-order valence-electron chi connectivity index (χ3n) is 3.68. The fourth-order valence-electron chi connectivity index (χ4n) is 2.46. The number of carbonyl (C=O) groups excluding carboxylic acids is 1. The van der Waals surface area contributed by atoms with Crippen molar-refractivity contribution in [2.45, 2.75) is 45.6 Å². The van der Waals surface area contributed by atoms with E-state index in [2.05, 4.69) is 16.7 Å². The van der Waals surface area contributed by atoms with Gasteiger partial charge in [-0.1, -0.05) is 31.0 Å². The molecule has 22 heavy (non-hydrogen) atoms. The number of rotatable bonds is 8. The molecule has 1 aromatic carbocycles. The maximum absolute atomic E-state index is 11.9. The first kappa shape index (κ1) is 18.3. The maximum Gasteiger partial charge on any atom is 0.315 e. The molecule has 2 amide bonds. The van der Waals surface area contributed by atoms with Gasteiger partial charge in [0.15, 0.2) is 0 Å². The number of carbonyl (C=O) groups is 1. The van der Waals surface area contributed by atoms with Crippen LogP contribution in [0.1, 0.15) is 37.8 Å². The summed E-state index contributed by atoms with van der Waals surface area (Å²) in [5.74, 6) is 0.832. The summed E-state index contributed by atoms with van der Waals surface area (Å²) in [7, 11) is 1.64. The van der Waals surface area contributed by atoms with Gasteiger partial charge in [-0.25, -0.2) is 4.79 Å². The Labute approximate surface area is 133 Å². The SMILES string of the molecule is CCCC(C)(CO)NC(=O)NCCc1cc(C)ccc1OC. The monoisotopic (exact) mass is 308 g/mol. The Morgan fingerprint density at radius 2 is 2.14 bits per heavy atom. The minimum Gasteiger partial charge on any atom is -0.496 e. The van der Waals surface area contributed by atoms with Crippen LogP contribution in [0.4, 0.5) is 4.79 Å². The predicted octanol–water partition coefficient (Wildman–Crippen LogP) is 2.40. The van der Waals surface area contributed by atoms with Gasteiger partial charge in [-0.15, -0.1) is 0 Å². The molecule has 0 spiro atoms. The lowest BCUT2D eigenvalue weighted by Gasteiger charge is -2.28. The topological polar surface area (TPSA) is 70.6 Å². The van der Waals surface area contributed by atoms with Crippen molar-refractivity contribution in [3.05, 3.63) is 29.3 Å². The largest absolute Gasteiger partial charge is 0.496 e. The van der Waals surface area contributed by atoms with Crippen molar-refractivity contribution in [2.75, 3.05) is 20.3 Å². The van der Waals surface area contributed by atoms with Crippen LogP contribution in [-0.2, 0) is 6.42 Å². The lowest BCUT2D eigenvalue weighted by atomic mass is 9.98. The fourth-order valence-corrected chi connectivity index (χ4v) is 2.46. The molecule has 0 aliphatic rings. The summed E-state index contributed by atoms with van der Waals surface area (Å²) in [6.45, 7) is 6.34. The highest BCUT2D eigenvalue weighted by molar-refractivity contribution is 5.74. The summed E-state index contributed by atoms with van der Waals surface area (Å²) in [4.78, 5) is 11.9. The Hall–Kier alpha value is -1.75. The van der Waals surface area contributed by atoms with E-state index in [4.69, 9.17) is 4.74 Å². The van der Waals surface area contributed by atoms with E-state index in [0.29, 0.717) is 13.0 Å². The number of amides is 2. The number of benzene rings is 1. The first-order chi connectivity index (χ1) is 10.4. The number of nitrogens with one attached hydrogen (secondary N) is 2. The van der Waals surface area contributed by atoms with Gasteiger partial charge in [0.25, 0.3) is 0 Å². The summed E-state index contributed by atoms with van der Waals surface area (Å²) < 4.78 is 5.33. The van der Waals surface area contributed by atoms with Crippen molar-refractivity contribution in [3.63, 3.8) is 0 Å². The minimum absolute atomic E-state index is 0.0695. The van der Waals surface area contributed by atoms with Crippen LogP contribution >= 0.6 is 0 Å². The molecule has 0 fully saturated rings. The number of methoxy groups -OCH3 is 1. The van der Waals surface area contributed by atoms with Gasteiger partial charge in [0.1, 0.15) is 5.75 Å². The highest BCUT2D eigenvalue weighted by Crippen LogP contribution is 2.19. The van der Waals surface area contributed by atoms with Crippen molar-refractivity contribution in [1.29, 1.82) is 0 Å². The fraction of sp³-hybridized carbons (Fsp3) is 0.588. The average molecular weight is 308 g/mol. The van der Waals surface area contributed by atoms with Crippen molar-refractivity contribution < 1.29 is 14.6 Å². The van der Waals surface area contributed by atoms with Gasteiger partial charge in [-0.05, 0) is 38.3 Å². The number of hydrogen-bond acceptors (Lipinski definition) is 3. The number of hydrogen-bond donors (Lipinski definition) is 3. The second kappa shape index (κ2) is 8.63. The van der Waals surface area contributed by atoms with E-state index in [0.717, 1.165) is 29.7 Å². The number of aliphatic hydroxyl groups excluding tert-OH is 1. The smallest absolute Gasteiger partial charge is 0.315 e. The Bertz CT molecular complexity index is 491. The molecular formula is C17H28N2O3. The molecule has 0 aliphatic carbocycles. The number of urea groups is 1. The lowest BCUT2D eigenvalue weighted by Crippen LogP contribution is -2.52. The molecule has 1 aromatic rings. The van der Waals surface area contributed by atoms with E-state index in [-0.39, 0.29) is 12.6 Å². The van der Waals surface area contributed by atoms with Crippen LogP contribution in [0.15, 0.2) is 18.2 Å². The van der Waals surface area contributed by atoms with E-state index in [1.165, 1.54) is 0 Å². The van der Waals surface area contributed by atoms with Crippen molar-refractivity contribution in [3.8, 4) is 5.75 Å². The molecule has 124 valence electrons. The molecule has 0 radical (unpaired) electrons. The van der Waals surface area contributed by atoms with E-state index < -0.39 is 5.54 Å². The van der Waals surface area contributed by atoms with E-state index in [9.17, 15) is 9.90 Å². The lowest BCUT2D eigenvalue weighted by molar-refractivity contribution is 0.163. The molecule has 0 heterocycles. The normalized spacial score (nSPS) is 13.3. The Balaban J connectivity index is 2.50. The van der Waals surface area contributed by atoms with Gasteiger partial charge >= 0.3 is 6.03 Å². The first-order valence-corrected chi connectivity index (χ1v) is 7.74. The Morgan fingerprint density at radius 3 is 2.73 bits per heavy atom. The van der Waals surface area contributed by atoms with Gasteiger partial charge in [0, 0.05) is 6.54 Å². The zero-order valence-electron chi connectivity index (χ0n) is 14.0. The molecule has 0 aromatic heterocycles. The van der Waals surface area contributed by atoms with Gasteiger partial charge in [0.2, 0.25) is 0 Å². The molecule has 0 saturated heterocycles. The molecule has 1 rings (SSSR count). The molecule has 1 atom stereocenters. The second-order valence-corrected chi connectivity index (χ2v) is 5.91. The number of ether oxygens (including phenoxy) is 1. The molecule has 0 saturated carbocycles. The summed E-state index contributed by atoms with van der Waals surface area (Å²) in [5, 5.41) is 15.1. The van der Waals surface area contributed by atoms with Gasteiger partial charge < -0.3 is 20.5 Å². The zero-order chi connectivity index (χ0) is 16.6. The highest BCUT2D eigenvalue weighted by Gasteiger charge is 2.24. The predicted molar refractivity (Wildman–Crippen MR) is 88.4 cm³/mol. The van der Waals surface area contributed by atoms with Crippen LogP contribution in [0.25, 0.3) is 0 Å². The van der Waals surface area contributed by atoms with Gasteiger partial charge in [0.05, 0.1) is 19.3 Å². The molecular weight excluding hydrogens is 280 g/mol. The van der Waals surface area contributed by atoms with Crippen LogP contribution in [0, 0.1) is 6.92 Å². The quantitative estimate of drug-likeness (QED) is 0.690. The van der Waals surface area contributed by atoms with E-state index in [1.54, 1.807) is 7.11 Å². The Kier molecular flexibility index (Phi) is 7.18. The summed E-state index contributed by atoms with van der Waals surface area (Å²) in [6.07, 6.45) is 2.34. The maximum atomic E-state index is 11.9. The van der Waals surface area contributed by atoms with Crippen LogP contribution in [-0.4, -0.2) is 36.9 Å². The molecule has 0 bridgehead atoms. The Morgan fingerprint density at radius 1 is 1.41 bits per heavy atom. The molecule has 5 nitrogen and oxygen atoms in total. The summed E-state index contributed by atoms with van der Waals surface area (Å²) in [5.41, 5.74) is 1.66. The van der Waals surface area contributed by atoms with Crippen molar-refractivity contribution in [1.82, 2.24) is 10.6 Å². The van der Waals surface area contributed by atoms with E-state index >= 15 is 0 Å². The van der Waals surface area contributed by atoms with Crippen LogP contribution in [0.2, 0.25) is 0 Å². The minimum atomic E-state index is -0.570. The summed E-state index contributed by atoms with van der Waals surface area (Å²) in [6, 6.07) is 5.75. The molecule has 1 unspecified atom stereocenters. The summed E-state index contributed by atoms with van der Waals surface area (Å²) >= 11 is 0. The first-order valence-electron chi connectivity index (χ1n) is 7.74. The highest BCUT2D eigenvalue weighted by atomic mass is 16.5. The number of aliphatic hydroxyl groups is 1. The number of aryl methyl sites for hydroxylation is 1. The van der Waals surface area contributed by atoms with Crippen LogP contribution in [0.5, 0.6) is 5.75 Å². The van der Waals surface area contributed by atoms with Crippen molar-refractivity contribution in [2.24, 2.45) is 0 Å². The standard InChI is InChI=1S/C17H28N2O3/c1-5-9-17(3,12-20)19-16(21)18-10-8-14-11-13(2)6-7-15(14)22-4/h6-7,11,20H,5,8-10,12H2,1-4H3,(H2,18,19,21). The van der Waals surface area contributed by atoms with E-state index in [1.807, 2.05) is 32.9 Å². The third kappa shape index (κ3) is 5.56. The molecule has 5 heteroatoms.